The van der Waals surface area contributed by atoms with Crippen LogP contribution in [0.3, 0.4) is 0 Å². The number of nitrogens with one attached hydrogen (secondary N) is 1. The molecule has 1 aromatic carbocycles. The van der Waals surface area contributed by atoms with Crippen LogP contribution in [0.2, 0.25) is 0 Å². The van der Waals surface area contributed by atoms with Crippen LogP contribution in [0.5, 0.6) is 11.5 Å². The van der Waals surface area contributed by atoms with E-state index in [0.29, 0.717) is 11.5 Å². The summed E-state index contributed by atoms with van der Waals surface area (Å²) < 4.78 is 11.5. The van der Waals surface area contributed by atoms with Crippen LogP contribution < -0.4 is 14.8 Å². The summed E-state index contributed by atoms with van der Waals surface area (Å²) in [5.74, 6) is 1.67. The van der Waals surface area contributed by atoms with Crippen LogP contribution in [0.1, 0.15) is 24.5 Å². The molecule has 0 aliphatic carbocycles. The van der Waals surface area contributed by atoms with Crippen molar-refractivity contribution in [1.82, 2.24) is 5.32 Å². The van der Waals surface area contributed by atoms with E-state index in [1.54, 1.807) is 14.2 Å². The standard InChI is InChI=1S/C14H20BrNO3/c1-18-12-8-11(15)13(19-2)7-10(12)14(17)9-3-5-16-6-4-9/h7-9,14,16-17H,3-6H2,1-2H3. The van der Waals surface area contributed by atoms with E-state index in [9.17, 15) is 5.11 Å². The van der Waals surface area contributed by atoms with Gasteiger partial charge in [0.1, 0.15) is 11.5 Å². The molecule has 1 aliphatic rings. The number of piperidine rings is 1. The van der Waals surface area contributed by atoms with Gasteiger partial charge in [0.25, 0.3) is 0 Å². The topological polar surface area (TPSA) is 50.7 Å². The number of rotatable bonds is 4. The number of methoxy groups -OCH3 is 2. The minimum Gasteiger partial charge on any atom is -0.496 e. The molecule has 0 spiro atoms. The van der Waals surface area contributed by atoms with Crippen molar-refractivity contribution in [3.8, 4) is 11.5 Å². The Bertz CT molecular complexity index is 433. The zero-order valence-corrected chi connectivity index (χ0v) is 12.9. The molecule has 0 radical (unpaired) electrons. The fourth-order valence-electron chi connectivity index (χ4n) is 2.53. The number of aliphatic hydroxyl groups excluding tert-OH is 1. The average molecular weight is 330 g/mol. The average Bonchev–Trinajstić information content (AvgIpc) is 2.47. The Kier molecular flexibility index (Phi) is 5.07. The number of aliphatic hydroxyl groups is 1. The zero-order valence-electron chi connectivity index (χ0n) is 11.3. The molecule has 1 unspecified atom stereocenters. The van der Waals surface area contributed by atoms with Crippen molar-refractivity contribution >= 4 is 15.9 Å². The molecule has 5 heteroatoms. The first-order valence-corrected chi connectivity index (χ1v) is 7.27. The first kappa shape index (κ1) is 14.6. The van der Waals surface area contributed by atoms with Crippen LogP contribution >= 0.6 is 15.9 Å². The van der Waals surface area contributed by atoms with E-state index in [2.05, 4.69) is 21.2 Å². The zero-order chi connectivity index (χ0) is 13.8. The molecular formula is C14H20BrNO3. The maximum Gasteiger partial charge on any atom is 0.133 e. The lowest BCUT2D eigenvalue weighted by Gasteiger charge is -2.28. The van der Waals surface area contributed by atoms with Crippen molar-refractivity contribution in [2.45, 2.75) is 18.9 Å². The van der Waals surface area contributed by atoms with Crippen molar-refractivity contribution in [3.63, 3.8) is 0 Å². The molecule has 2 N–H and O–H groups in total. The number of hydrogen-bond acceptors (Lipinski definition) is 4. The van der Waals surface area contributed by atoms with Gasteiger partial charge >= 0.3 is 0 Å². The van der Waals surface area contributed by atoms with Crippen LogP contribution in [-0.4, -0.2) is 32.4 Å². The number of benzene rings is 1. The summed E-state index contributed by atoms with van der Waals surface area (Å²) in [5.41, 5.74) is 0.800. The highest BCUT2D eigenvalue weighted by atomic mass is 79.9. The molecule has 2 rings (SSSR count). The van der Waals surface area contributed by atoms with E-state index < -0.39 is 6.10 Å². The molecule has 0 amide bonds. The summed E-state index contributed by atoms with van der Waals surface area (Å²) >= 11 is 3.43. The number of hydrogen-bond donors (Lipinski definition) is 2. The van der Waals surface area contributed by atoms with Gasteiger partial charge in [0.2, 0.25) is 0 Å². The normalized spacial score (nSPS) is 18.1. The van der Waals surface area contributed by atoms with Crippen LogP contribution in [0, 0.1) is 5.92 Å². The van der Waals surface area contributed by atoms with Crippen LogP contribution in [0.25, 0.3) is 0 Å². The first-order valence-electron chi connectivity index (χ1n) is 6.47. The highest BCUT2D eigenvalue weighted by molar-refractivity contribution is 9.10. The molecule has 1 heterocycles. The first-order chi connectivity index (χ1) is 9.17. The summed E-state index contributed by atoms with van der Waals surface area (Å²) in [4.78, 5) is 0. The summed E-state index contributed by atoms with van der Waals surface area (Å²) in [6, 6.07) is 3.70. The van der Waals surface area contributed by atoms with E-state index in [1.807, 2.05) is 12.1 Å². The van der Waals surface area contributed by atoms with Crippen molar-refractivity contribution in [2.75, 3.05) is 27.3 Å². The summed E-state index contributed by atoms with van der Waals surface area (Å²) in [5, 5.41) is 13.9. The Morgan fingerprint density at radius 1 is 1.21 bits per heavy atom. The monoisotopic (exact) mass is 329 g/mol. The Balaban J connectivity index is 2.30. The summed E-state index contributed by atoms with van der Waals surface area (Å²) in [7, 11) is 3.24. The predicted molar refractivity (Wildman–Crippen MR) is 77.8 cm³/mol. The van der Waals surface area contributed by atoms with Crippen molar-refractivity contribution in [1.29, 1.82) is 0 Å². The third-order valence-electron chi connectivity index (χ3n) is 3.65. The second-order valence-corrected chi connectivity index (χ2v) is 5.62. The van der Waals surface area contributed by atoms with Gasteiger partial charge in [0, 0.05) is 5.56 Å². The molecule has 1 fully saturated rings. The van der Waals surface area contributed by atoms with Gasteiger partial charge in [-0.15, -0.1) is 0 Å². The van der Waals surface area contributed by atoms with Gasteiger partial charge < -0.3 is 19.9 Å². The molecule has 106 valence electrons. The lowest BCUT2D eigenvalue weighted by Crippen LogP contribution is -2.31. The third-order valence-corrected chi connectivity index (χ3v) is 4.27. The van der Waals surface area contributed by atoms with E-state index >= 15 is 0 Å². The van der Waals surface area contributed by atoms with E-state index in [0.717, 1.165) is 36.0 Å². The smallest absolute Gasteiger partial charge is 0.133 e. The lowest BCUT2D eigenvalue weighted by molar-refractivity contribution is 0.0862. The van der Waals surface area contributed by atoms with E-state index in [1.165, 1.54) is 0 Å². The predicted octanol–water partition coefficient (Wildman–Crippen LogP) is 2.50. The van der Waals surface area contributed by atoms with Crippen molar-refractivity contribution in [3.05, 3.63) is 22.2 Å². The van der Waals surface area contributed by atoms with Gasteiger partial charge in [-0.1, -0.05) is 0 Å². The molecule has 1 atom stereocenters. The molecule has 0 aromatic heterocycles. The molecule has 19 heavy (non-hydrogen) atoms. The molecule has 4 nitrogen and oxygen atoms in total. The van der Waals surface area contributed by atoms with Gasteiger partial charge in [0.15, 0.2) is 0 Å². The number of halogens is 1. The molecule has 1 saturated heterocycles. The second-order valence-electron chi connectivity index (χ2n) is 4.76. The van der Waals surface area contributed by atoms with Crippen LogP contribution in [0.4, 0.5) is 0 Å². The SMILES string of the molecule is COc1cc(C(O)C2CCNCC2)c(OC)cc1Br. The van der Waals surface area contributed by atoms with Gasteiger partial charge in [-0.25, -0.2) is 0 Å². The number of ether oxygens (including phenoxy) is 2. The molecule has 0 bridgehead atoms. The Morgan fingerprint density at radius 2 is 1.84 bits per heavy atom. The highest BCUT2D eigenvalue weighted by Gasteiger charge is 2.26. The fraction of sp³-hybridized carbons (Fsp3) is 0.571. The quantitative estimate of drug-likeness (QED) is 0.891. The Hall–Kier alpha value is -0.780. The van der Waals surface area contributed by atoms with Gasteiger partial charge in [-0.2, -0.15) is 0 Å². The van der Waals surface area contributed by atoms with Gasteiger partial charge in [-0.3, -0.25) is 0 Å². The minimum absolute atomic E-state index is 0.265. The van der Waals surface area contributed by atoms with E-state index in [4.69, 9.17) is 9.47 Å². The summed E-state index contributed by atoms with van der Waals surface area (Å²) in [6.07, 6.45) is 1.44. The highest BCUT2D eigenvalue weighted by Crippen LogP contribution is 2.39. The largest absolute Gasteiger partial charge is 0.496 e. The van der Waals surface area contributed by atoms with Gasteiger partial charge in [0.05, 0.1) is 24.8 Å². The Labute approximate surface area is 122 Å². The Morgan fingerprint density at radius 3 is 2.42 bits per heavy atom. The third kappa shape index (κ3) is 3.22. The van der Waals surface area contributed by atoms with Crippen molar-refractivity contribution < 1.29 is 14.6 Å². The second kappa shape index (κ2) is 6.59. The van der Waals surface area contributed by atoms with E-state index in [-0.39, 0.29) is 5.92 Å². The molecule has 1 aliphatic heterocycles. The lowest BCUT2D eigenvalue weighted by atomic mass is 9.87. The summed E-state index contributed by atoms with van der Waals surface area (Å²) in [6.45, 7) is 1.91. The molecular weight excluding hydrogens is 310 g/mol. The fourth-order valence-corrected chi connectivity index (χ4v) is 3.01. The maximum absolute atomic E-state index is 10.6. The van der Waals surface area contributed by atoms with Crippen LogP contribution in [0.15, 0.2) is 16.6 Å². The van der Waals surface area contributed by atoms with Crippen LogP contribution in [-0.2, 0) is 0 Å². The minimum atomic E-state index is -0.515. The maximum atomic E-state index is 10.6. The molecule has 0 saturated carbocycles. The van der Waals surface area contributed by atoms with Gasteiger partial charge in [-0.05, 0) is 59.9 Å². The molecule has 1 aromatic rings. The van der Waals surface area contributed by atoms with Crippen molar-refractivity contribution in [2.24, 2.45) is 5.92 Å².